The van der Waals surface area contributed by atoms with Gasteiger partial charge in [-0.2, -0.15) is 0 Å². The summed E-state index contributed by atoms with van der Waals surface area (Å²) in [4.78, 5) is 31.9. The number of carbonyl (C=O) groups is 2. The number of hydrogen-bond donors (Lipinski definition) is 4. The summed E-state index contributed by atoms with van der Waals surface area (Å²) in [7, 11) is 0. The van der Waals surface area contributed by atoms with Gasteiger partial charge in [-0.15, -0.1) is 0 Å². The van der Waals surface area contributed by atoms with Crippen LogP contribution in [0.5, 0.6) is 0 Å². The minimum atomic E-state index is -1.09. The molecule has 0 bridgehead atoms. The van der Waals surface area contributed by atoms with Gasteiger partial charge in [0.2, 0.25) is 11.8 Å². The molecule has 0 radical (unpaired) electrons. The number of rotatable bonds is 4. The third-order valence-corrected chi connectivity index (χ3v) is 6.67. The first-order valence-corrected chi connectivity index (χ1v) is 10.8. The number of carbonyl (C=O) groups excluding carboxylic acids is 2. The van der Waals surface area contributed by atoms with E-state index < -0.39 is 17.8 Å². The highest BCUT2D eigenvalue weighted by Crippen LogP contribution is 2.34. The van der Waals surface area contributed by atoms with Crippen molar-refractivity contribution in [3.05, 3.63) is 35.9 Å². The maximum atomic E-state index is 12.8. The number of hydrogen-bond acceptors (Lipinski definition) is 7. The van der Waals surface area contributed by atoms with Crippen molar-refractivity contribution in [3.63, 3.8) is 0 Å². The summed E-state index contributed by atoms with van der Waals surface area (Å²) in [5.41, 5.74) is -0.0280. The second kappa shape index (κ2) is 7.97. The predicted molar refractivity (Wildman–Crippen MR) is 112 cm³/mol. The zero-order valence-electron chi connectivity index (χ0n) is 16.6. The Balaban J connectivity index is 1.41. The van der Waals surface area contributed by atoms with Gasteiger partial charge in [0.15, 0.2) is 11.2 Å². The quantitative estimate of drug-likeness (QED) is 0.565. The number of amidine groups is 1. The second-order valence-electron chi connectivity index (χ2n) is 8.21. The van der Waals surface area contributed by atoms with Gasteiger partial charge in [0.05, 0.1) is 11.0 Å². The number of nitrogens with one attached hydrogen (secondary N) is 3. The van der Waals surface area contributed by atoms with Crippen molar-refractivity contribution >= 4 is 28.7 Å². The number of aliphatic hydroxyl groups is 1. The molecule has 4 rings (SSSR count). The van der Waals surface area contributed by atoms with Crippen molar-refractivity contribution < 1.29 is 14.7 Å². The molecule has 3 unspecified atom stereocenters. The Bertz CT molecular complexity index is 810. The normalized spacial score (nSPS) is 29.3. The Morgan fingerprint density at radius 1 is 1.38 bits per heavy atom. The number of likely N-dealkylation sites (tertiary alicyclic amines) is 1. The molecule has 3 heterocycles. The fourth-order valence-corrected chi connectivity index (χ4v) is 5.12. The van der Waals surface area contributed by atoms with Crippen LogP contribution in [0.25, 0.3) is 0 Å². The Kier molecular flexibility index (Phi) is 5.54. The third kappa shape index (κ3) is 4.26. The summed E-state index contributed by atoms with van der Waals surface area (Å²) in [5.74, 6) is -0.219. The van der Waals surface area contributed by atoms with E-state index in [4.69, 9.17) is 0 Å². The van der Waals surface area contributed by atoms with E-state index in [1.54, 1.807) is 13.8 Å². The van der Waals surface area contributed by atoms with Crippen molar-refractivity contribution in [3.8, 4) is 0 Å². The van der Waals surface area contributed by atoms with Gasteiger partial charge < -0.3 is 20.6 Å². The largest absolute Gasteiger partial charge is 0.387 e. The number of thioether (sulfide) groups is 1. The molecular formula is C20H27N5O3S. The number of amides is 2. The van der Waals surface area contributed by atoms with Crippen LogP contribution in [0.1, 0.15) is 32.3 Å². The lowest BCUT2D eigenvalue weighted by Gasteiger charge is -2.38. The van der Waals surface area contributed by atoms with Gasteiger partial charge in [-0.05, 0) is 32.3 Å². The van der Waals surface area contributed by atoms with E-state index >= 15 is 0 Å². The van der Waals surface area contributed by atoms with Gasteiger partial charge in [-0.3, -0.25) is 14.9 Å². The minimum Gasteiger partial charge on any atom is -0.387 e. The highest BCUT2D eigenvalue weighted by atomic mass is 32.2. The molecule has 9 heteroatoms. The summed E-state index contributed by atoms with van der Waals surface area (Å²) in [6, 6.07) is 8.99. The maximum absolute atomic E-state index is 12.8. The molecule has 1 aromatic carbocycles. The lowest BCUT2D eigenvalue weighted by Crippen LogP contribution is -2.67. The van der Waals surface area contributed by atoms with Gasteiger partial charge in [0, 0.05) is 13.1 Å². The van der Waals surface area contributed by atoms with E-state index in [0.717, 1.165) is 30.1 Å². The first-order valence-electron chi connectivity index (χ1n) is 9.94. The highest BCUT2D eigenvalue weighted by molar-refractivity contribution is 8.14. The maximum Gasteiger partial charge on any atom is 0.248 e. The molecule has 3 aliphatic rings. The zero-order valence-corrected chi connectivity index (χ0v) is 17.4. The van der Waals surface area contributed by atoms with Crippen LogP contribution in [-0.2, 0) is 16.1 Å². The van der Waals surface area contributed by atoms with Crippen LogP contribution in [0.2, 0.25) is 0 Å². The molecule has 29 heavy (non-hydrogen) atoms. The third-order valence-electron chi connectivity index (χ3n) is 5.47. The van der Waals surface area contributed by atoms with Crippen LogP contribution in [0.15, 0.2) is 35.3 Å². The molecule has 2 saturated heterocycles. The molecule has 0 aliphatic carbocycles. The van der Waals surface area contributed by atoms with E-state index in [1.165, 1.54) is 11.8 Å². The summed E-state index contributed by atoms with van der Waals surface area (Å²) < 4.78 is 0. The highest BCUT2D eigenvalue weighted by Gasteiger charge is 2.47. The van der Waals surface area contributed by atoms with Crippen LogP contribution < -0.4 is 16.0 Å². The van der Waals surface area contributed by atoms with E-state index in [9.17, 15) is 14.7 Å². The standard InChI is InChI=1S/C20H27N5O3S/c1-20(2,28)18-23-16(27)14-17(24-18)29-19(22-14)25-10-6-9-13(25)15(26)21-11-12-7-4-3-5-8-12/h3-5,7-8,13-14,17-18,24,28H,6,9-11H2,1-2H3,(H,21,26)(H,23,27)/t13-,14?,17?,18?/m1/s1. The number of benzene rings is 1. The summed E-state index contributed by atoms with van der Waals surface area (Å²) in [6.07, 6.45) is 1.13. The Hall–Kier alpha value is -2.10. The summed E-state index contributed by atoms with van der Waals surface area (Å²) in [5, 5.41) is 19.8. The van der Waals surface area contributed by atoms with Crippen molar-refractivity contribution in [2.24, 2.45) is 4.99 Å². The molecule has 2 fully saturated rings. The number of fused-ring (bicyclic) bond motifs is 1. The van der Waals surface area contributed by atoms with Gasteiger partial charge in [0.1, 0.15) is 12.2 Å². The van der Waals surface area contributed by atoms with Crippen LogP contribution >= 0.6 is 11.8 Å². The van der Waals surface area contributed by atoms with Crippen molar-refractivity contribution in [1.29, 1.82) is 0 Å². The van der Waals surface area contributed by atoms with E-state index in [0.29, 0.717) is 6.54 Å². The molecule has 3 aliphatic heterocycles. The SMILES string of the molecule is CC(C)(O)C1NC(=O)C2N=C(N3CCC[C@@H]3C(=O)NCc3ccccc3)SC2N1. The van der Waals surface area contributed by atoms with Crippen molar-refractivity contribution in [2.75, 3.05) is 6.54 Å². The second-order valence-corrected chi connectivity index (χ2v) is 9.32. The molecular weight excluding hydrogens is 390 g/mol. The Morgan fingerprint density at radius 3 is 2.86 bits per heavy atom. The lowest BCUT2D eigenvalue weighted by molar-refractivity contribution is -0.128. The van der Waals surface area contributed by atoms with Crippen LogP contribution in [-0.4, -0.2) is 62.8 Å². The molecule has 8 nitrogen and oxygen atoms in total. The molecule has 156 valence electrons. The van der Waals surface area contributed by atoms with Crippen LogP contribution in [0, 0.1) is 0 Å². The Morgan fingerprint density at radius 2 is 2.14 bits per heavy atom. The molecule has 0 saturated carbocycles. The van der Waals surface area contributed by atoms with Gasteiger partial charge in [-0.25, -0.2) is 4.99 Å². The smallest absolute Gasteiger partial charge is 0.248 e. The average molecular weight is 418 g/mol. The predicted octanol–water partition coefficient (Wildman–Crippen LogP) is 0.381. The Labute approximate surface area is 174 Å². The molecule has 2 amide bonds. The van der Waals surface area contributed by atoms with Gasteiger partial charge in [0.25, 0.3) is 0 Å². The number of nitrogens with zero attached hydrogens (tertiary/aromatic N) is 2. The van der Waals surface area contributed by atoms with Crippen LogP contribution in [0.3, 0.4) is 0 Å². The average Bonchev–Trinajstić information content (AvgIpc) is 3.33. The first-order chi connectivity index (χ1) is 13.8. The lowest BCUT2D eigenvalue weighted by atomic mass is 10.0. The van der Waals surface area contributed by atoms with Crippen LogP contribution in [0.4, 0.5) is 0 Å². The monoisotopic (exact) mass is 417 g/mol. The van der Waals surface area contributed by atoms with Gasteiger partial charge >= 0.3 is 0 Å². The van der Waals surface area contributed by atoms with Crippen molar-refractivity contribution in [2.45, 2.75) is 62.5 Å². The molecule has 1 aromatic rings. The van der Waals surface area contributed by atoms with Crippen molar-refractivity contribution in [1.82, 2.24) is 20.9 Å². The zero-order chi connectivity index (χ0) is 20.6. The summed E-state index contributed by atoms with van der Waals surface area (Å²) >= 11 is 1.46. The van der Waals surface area contributed by atoms with Gasteiger partial charge in [-0.1, -0.05) is 42.1 Å². The van der Waals surface area contributed by atoms with E-state index in [1.807, 2.05) is 35.2 Å². The molecule has 0 aromatic heterocycles. The van der Waals surface area contributed by atoms with E-state index in [2.05, 4.69) is 20.9 Å². The molecule has 4 N–H and O–H groups in total. The molecule has 0 spiro atoms. The number of aliphatic imine (C=N–C) groups is 1. The molecule has 4 atom stereocenters. The minimum absolute atomic E-state index is 0.0173. The fraction of sp³-hybridized carbons (Fsp3) is 0.550. The fourth-order valence-electron chi connectivity index (χ4n) is 3.84. The topological polar surface area (TPSA) is 106 Å². The van der Waals surface area contributed by atoms with E-state index in [-0.39, 0.29) is 23.2 Å². The first kappa shape index (κ1) is 20.2. The summed E-state index contributed by atoms with van der Waals surface area (Å²) in [6.45, 7) is 4.54.